The SMILES string of the molecule is CCCC(C)NC(=O)CCc1nc(-c2ccsc2)no1. The number of thiophene rings is 1. The highest BCUT2D eigenvalue weighted by atomic mass is 32.1. The van der Waals surface area contributed by atoms with E-state index in [1.54, 1.807) is 11.3 Å². The van der Waals surface area contributed by atoms with Gasteiger partial charge in [0.15, 0.2) is 0 Å². The summed E-state index contributed by atoms with van der Waals surface area (Å²) in [7, 11) is 0. The lowest BCUT2D eigenvalue weighted by atomic mass is 10.2. The van der Waals surface area contributed by atoms with Crippen LogP contribution in [0.3, 0.4) is 0 Å². The molecule has 0 aliphatic heterocycles. The van der Waals surface area contributed by atoms with E-state index in [0.717, 1.165) is 18.4 Å². The third-order valence-corrected chi connectivity index (χ3v) is 3.63. The van der Waals surface area contributed by atoms with Crippen LogP contribution in [0.15, 0.2) is 21.3 Å². The van der Waals surface area contributed by atoms with E-state index in [-0.39, 0.29) is 11.9 Å². The van der Waals surface area contributed by atoms with Gasteiger partial charge >= 0.3 is 0 Å². The summed E-state index contributed by atoms with van der Waals surface area (Å²) in [4.78, 5) is 16.0. The number of hydrogen-bond acceptors (Lipinski definition) is 5. The normalized spacial score (nSPS) is 12.3. The van der Waals surface area contributed by atoms with Gasteiger partial charge in [-0.1, -0.05) is 18.5 Å². The van der Waals surface area contributed by atoms with E-state index in [4.69, 9.17) is 4.52 Å². The van der Waals surface area contributed by atoms with Crippen LogP contribution in [0.4, 0.5) is 0 Å². The van der Waals surface area contributed by atoms with E-state index >= 15 is 0 Å². The van der Waals surface area contributed by atoms with E-state index in [1.807, 2.05) is 23.8 Å². The lowest BCUT2D eigenvalue weighted by Gasteiger charge is -2.11. The Hall–Kier alpha value is -1.69. The molecule has 1 atom stereocenters. The highest BCUT2D eigenvalue weighted by Gasteiger charge is 2.12. The molecule has 5 nitrogen and oxygen atoms in total. The third kappa shape index (κ3) is 4.16. The molecule has 108 valence electrons. The van der Waals surface area contributed by atoms with Crippen LogP contribution in [-0.4, -0.2) is 22.1 Å². The van der Waals surface area contributed by atoms with E-state index < -0.39 is 0 Å². The predicted octanol–water partition coefficient (Wildman–Crippen LogP) is 3.04. The fourth-order valence-corrected chi connectivity index (χ4v) is 2.57. The minimum atomic E-state index is 0.0289. The molecule has 2 aromatic rings. The van der Waals surface area contributed by atoms with Crippen LogP contribution in [-0.2, 0) is 11.2 Å². The van der Waals surface area contributed by atoms with Gasteiger partial charge in [-0.25, -0.2) is 0 Å². The van der Waals surface area contributed by atoms with Gasteiger partial charge in [0.25, 0.3) is 0 Å². The summed E-state index contributed by atoms with van der Waals surface area (Å²) in [6, 6.07) is 2.16. The molecular weight excluding hydrogens is 274 g/mol. The van der Waals surface area contributed by atoms with Gasteiger partial charge in [-0.15, -0.1) is 0 Å². The van der Waals surface area contributed by atoms with E-state index in [9.17, 15) is 4.79 Å². The molecular formula is C14H19N3O2S. The Labute approximate surface area is 122 Å². The molecule has 0 bridgehead atoms. The lowest BCUT2D eigenvalue weighted by molar-refractivity contribution is -0.121. The summed E-state index contributed by atoms with van der Waals surface area (Å²) in [6.45, 7) is 4.12. The van der Waals surface area contributed by atoms with Crippen LogP contribution in [0.25, 0.3) is 11.4 Å². The second-order valence-electron chi connectivity index (χ2n) is 4.78. The Kier molecular flexibility index (Phi) is 5.29. The monoisotopic (exact) mass is 293 g/mol. The molecule has 0 aliphatic rings. The summed E-state index contributed by atoms with van der Waals surface area (Å²) in [6.07, 6.45) is 2.91. The van der Waals surface area contributed by atoms with Crippen molar-refractivity contribution < 1.29 is 9.32 Å². The molecule has 0 saturated heterocycles. The predicted molar refractivity (Wildman–Crippen MR) is 78.4 cm³/mol. The molecule has 6 heteroatoms. The first-order valence-corrected chi connectivity index (χ1v) is 7.78. The van der Waals surface area contributed by atoms with Crippen LogP contribution >= 0.6 is 11.3 Å². The Morgan fingerprint density at radius 2 is 2.40 bits per heavy atom. The molecule has 1 unspecified atom stereocenters. The van der Waals surface area contributed by atoms with Crippen molar-refractivity contribution in [3.63, 3.8) is 0 Å². The van der Waals surface area contributed by atoms with Crippen molar-refractivity contribution in [2.45, 2.75) is 45.6 Å². The Morgan fingerprint density at radius 3 is 3.10 bits per heavy atom. The van der Waals surface area contributed by atoms with Crippen molar-refractivity contribution in [1.82, 2.24) is 15.5 Å². The molecule has 0 fully saturated rings. The number of amides is 1. The maximum atomic E-state index is 11.7. The molecule has 20 heavy (non-hydrogen) atoms. The molecule has 2 aromatic heterocycles. The van der Waals surface area contributed by atoms with E-state index in [0.29, 0.717) is 24.6 Å². The summed E-state index contributed by atoms with van der Waals surface area (Å²) in [5.74, 6) is 1.12. The van der Waals surface area contributed by atoms with E-state index in [1.165, 1.54) is 0 Å². The van der Waals surface area contributed by atoms with Crippen LogP contribution in [0.2, 0.25) is 0 Å². The Morgan fingerprint density at radius 1 is 1.55 bits per heavy atom. The Balaban J connectivity index is 1.81. The van der Waals surface area contributed by atoms with Crippen LogP contribution in [0.5, 0.6) is 0 Å². The largest absolute Gasteiger partial charge is 0.354 e. The minimum absolute atomic E-state index is 0.0289. The van der Waals surface area contributed by atoms with Crippen molar-refractivity contribution in [2.24, 2.45) is 0 Å². The maximum absolute atomic E-state index is 11.7. The highest BCUT2D eigenvalue weighted by Crippen LogP contribution is 2.18. The van der Waals surface area contributed by atoms with Crippen molar-refractivity contribution in [1.29, 1.82) is 0 Å². The molecule has 0 aliphatic carbocycles. The van der Waals surface area contributed by atoms with Gasteiger partial charge in [-0.05, 0) is 24.8 Å². The van der Waals surface area contributed by atoms with Gasteiger partial charge in [0.2, 0.25) is 17.6 Å². The number of aromatic nitrogens is 2. The second kappa shape index (κ2) is 7.19. The molecule has 2 heterocycles. The van der Waals surface area contributed by atoms with Gasteiger partial charge in [-0.2, -0.15) is 16.3 Å². The third-order valence-electron chi connectivity index (χ3n) is 2.94. The van der Waals surface area contributed by atoms with Gasteiger partial charge in [0.1, 0.15) is 0 Å². The van der Waals surface area contributed by atoms with Gasteiger partial charge in [0.05, 0.1) is 0 Å². The van der Waals surface area contributed by atoms with Crippen LogP contribution < -0.4 is 5.32 Å². The number of aryl methyl sites for hydroxylation is 1. The zero-order valence-corrected chi connectivity index (χ0v) is 12.6. The summed E-state index contributed by atoms with van der Waals surface area (Å²) >= 11 is 1.59. The summed E-state index contributed by atoms with van der Waals surface area (Å²) in [5.41, 5.74) is 0.950. The number of nitrogens with one attached hydrogen (secondary N) is 1. The summed E-state index contributed by atoms with van der Waals surface area (Å²) in [5, 5.41) is 10.8. The van der Waals surface area contributed by atoms with Crippen molar-refractivity contribution >= 4 is 17.2 Å². The fraction of sp³-hybridized carbons (Fsp3) is 0.500. The number of rotatable bonds is 7. The Bertz CT molecular complexity index is 536. The van der Waals surface area contributed by atoms with Crippen molar-refractivity contribution in [3.8, 4) is 11.4 Å². The number of nitrogens with zero attached hydrogens (tertiary/aromatic N) is 2. The highest BCUT2D eigenvalue weighted by molar-refractivity contribution is 7.08. The number of hydrogen-bond donors (Lipinski definition) is 1. The second-order valence-corrected chi connectivity index (χ2v) is 5.56. The average Bonchev–Trinajstić information content (AvgIpc) is 3.07. The topological polar surface area (TPSA) is 68.0 Å². The fourth-order valence-electron chi connectivity index (χ4n) is 1.94. The zero-order valence-electron chi connectivity index (χ0n) is 11.8. The number of carbonyl (C=O) groups is 1. The first-order chi connectivity index (χ1) is 9.69. The van der Waals surface area contributed by atoms with Crippen molar-refractivity contribution in [2.75, 3.05) is 0 Å². The van der Waals surface area contributed by atoms with Crippen LogP contribution in [0, 0.1) is 0 Å². The smallest absolute Gasteiger partial charge is 0.227 e. The first-order valence-electron chi connectivity index (χ1n) is 6.83. The summed E-state index contributed by atoms with van der Waals surface area (Å²) < 4.78 is 5.15. The quantitative estimate of drug-likeness (QED) is 0.852. The molecule has 0 aromatic carbocycles. The van der Waals surface area contributed by atoms with Crippen molar-refractivity contribution in [3.05, 3.63) is 22.7 Å². The van der Waals surface area contributed by atoms with Crippen LogP contribution in [0.1, 0.15) is 39.0 Å². The molecule has 0 spiro atoms. The minimum Gasteiger partial charge on any atom is -0.354 e. The molecule has 2 rings (SSSR count). The van der Waals surface area contributed by atoms with E-state index in [2.05, 4.69) is 22.4 Å². The first kappa shape index (κ1) is 14.7. The molecule has 0 saturated carbocycles. The molecule has 1 N–H and O–H groups in total. The lowest BCUT2D eigenvalue weighted by Crippen LogP contribution is -2.32. The number of carbonyl (C=O) groups excluding carboxylic acids is 1. The maximum Gasteiger partial charge on any atom is 0.227 e. The van der Waals surface area contributed by atoms with Gasteiger partial charge in [-0.3, -0.25) is 4.79 Å². The zero-order chi connectivity index (χ0) is 14.4. The van der Waals surface area contributed by atoms with Gasteiger partial charge < -0.3 is 9.84 Å². The van der Waals surface area contributed by atoms with Gasteiger partial charge in [0, 0.05) is 29.8 Å². The molecule has 1 amide bonds. The average molecular weight is 293 g/mol. The standard InChI is InChI=1S/C14H19N3O2S/c1-3-4-10(2)15-12(18)5-6-13-16-14(17-19-13)11-7-8-20-9-11/h7-10H,3-6H2,1-2H3,(H,15,18). The molecule has 0 radical (unpaired) electrons.